The number of imidazole rings is 1. The van der Waals surface area contributed by atoms with Crippen molar-refractivity contribution in [2.75, 3.05) is 6.54 Å². The van der Waals surface area contributed by atoms with Gasteiger partial charge in [-0.1, -0.05) is 59.7 Å². The molecule has 56 heavy (non-hydrogen) atoms. The van der Waals surface area contributed by atoms with E-state index in [4.69, 9.17) is 14.1 Å². The Morgan fingerprint density at radius 2 is 1.39 bits per heavy atom. The van der Waals surface area contributed by atoms with Gasteiger partial charge in [0.25, 0.3) is 26.1 Å². The molecule has 1 amide bonds. The monoisotopic (exact) mass is 812 g/mol. The lowest BCUT2D eigenvalue weighted by atomic mass is 9.99. The van der Waals surface area contributed by atoms with Crippen LogP contribution >= 0.6 is 0 Å². The van der Waals surface area contributed by atoms with Gasteiger partial charge in [-0.3, -0.25) is 18.6 Å². The van der Waals surface area contributed by atoms with Gasteiger partial charge in [-0.25, -0.2) is 4.98 Å². The topological polar surface area (TPSA) is 189 Å². The number of halogens is 3. The van der Waals surface area contributed by atoms with Crippen molar-refractivity contribution >= 4 is 26.1 Å². The number of benzene rings is 3. The van der Waals surface area contributed by atoms with E-state index < -0.39 is 32.1 Å². The summed E-state index contributed by atoms with van der Waals surface area (Å²) in [4.78, 5) is 19.7. The van der Waals surface area contributed by atoms with Crippen molar-refractivity contribution in [2.45, 2.75) is 49.2 Å². The van der Waals surface area contributed by atoms with Crippen molar-refractivity contribution in [3.63, 3.8) is 0 Å². The summed E-state index contributed by atoms with van der Waals surface area (Å²) in [5.41, 5.74) is 4.25. The van der Waals surface area contributed by atoms with E-state index in [1.807, 2.05) is 32.2 Å². The van der Waals surface area contributed by atoms with E-state index in [0.717, 1.165) is 58.3 Å². The van der Waals surface area contributed by atoms with Crippen molar-refractivity contribution in [2.24, 2.45) is 13.0 Å². The van der Waals surface area contributed by atoms with Crippen LogP contribution < -0.4 is 5.32 Å². The van der Waals surface area contributed by atoms with Crippen molar-refractivity contribution in [1.82, 2.24) is 29.6 Å². The Kier molecular flexibility index (Phi) is 12.7. The predicted octanol–water partition coefficient (Wildman–Crippen LogP) is 6.77. The number of carbonyl (C=O) groups is 1. The molecule has 4 N–H and O–H groups in total. The van der Waals surface area contributed by atoms with Crippen LogP contribution in [0, 0.1) is 19.8 Å². The summed E-state index contributed by atoms with van der Waals surface area (Å²) in [6.45, 7) is 5.03. The first-order valence-electron chi connectivity index (χ1n) is 17.1. The normalized spacial score (nSPS) is 14.1. The molecule has 1 aliphatic rings. The zero-order chi connectivity index (χ0) is 40.8. The number of aromatic amines is 1. The van der Waals surface area contributed by atoms with Crippen LogP contribution in [0.25, 0.3) is 22.5 Å². The van der Waals surface area contributed by atoms with Crippen molar-refractivity contribution in [3.05, 3.63) is 132 Å². The first-order valence-corrected chi connectivity index (χ1v) is 19.9. The molecule has 18 heteroatoms. The lowest BCUT2D eigenvalue weighted by molar-refractivity contribution is -0.143. The van der Waals surface area contributed by atoms with Crippen molar-refractivity contribution in [1.29, 1.82) is 0 Å². The van der Waals surface area contributed by atoms with Gasteiger partial charge < -0.3 is 14.9 Å². The Balaban J connectivity index is 0.000000222. The highest BCUT2D eigenvalue weighted by Gasteiger charge is 2.35. The molecule has 0 saturated carbocycles. The highest BCUT2D eigenvalue weighted by Crippen LogP contribution is 2.33. The summed E-state index contributed by atoms with van der Waals surface area (Å²) < 4.78 is 101. The molecule has 0 radical (unpaired) electrons. The maximum absolute atomic E-state index is 13.1. The number of rotatable bonds is 7. The Hall–Kier alpha value is -5.56. The zero-order valence-electron chi connectivity index (χ0n) is 30.4. The van der Waals surface area contributed by atoms with Crippen molar-refractivity contribution in [3.8, 4) is 22.5 Å². The first-order chi connectivity index (χ1) is 26.3. The third-order valence-corrected chi connectivity index (χ3v) is 10.5. The van der Waals surface area contributed by atoms with Gasteiger partial charge >= 0.3 is 6.18 Å². The number of hydrogen-bond acceptors (Lipinski definition) is 7. The molecule has 0 bridgehead atoms. The lowest BCUT2D eigenvalue weighted by Crippen LogP contribution is -2.33. The number of amides is 1. The summed E-state index contributed by atoms with van der Waals surface area (Å²) in [5.74, 6) is 1.19. The summed E-state index contributed by atoms with van der Waals surface area (Å²) in [6, 6.07) is 23.8. The largest absolute Gasteiger partial charge is 0.433 e. The number of aromatic nitrogens is 5. The minimum absolute atomic E-state index is 0.0666. The van der Waals surface area contributed by atoms with E-state index in [-0.39, 0.29) is 21.4 Å². The molecule has 296 valence electrons. The van der Waals surface area contributed by atoms with Crippen LogP contribution in [0.5, 0.6) is 0 Å². The standard InChI is InChI=1S/C24H23F3N6O.2C7H8O3S/c1-32-21(24(25,26)27)11-19(31-32)16-5-7-17(8-6-16)20-14-33-13-15(4-9-22(33)30-20)12-29-23(34)18-3-2-10-28-18;2*1-6-2-4-7(5-3-6)11(8,9)10/h2-3,5-8,10-11,14-15,28H,4,9,12-13H2,1H3,(H,29,34);2*2-5H,1H3,(H,8,9,10). The third-order valence-electron chi connectivity index (χ3n) is 8.77. The van der Waals surface area contributed by atoms with Crippen LogP contribution in [0.2, 0.25) is 0 Å². The quantitative estimate of drug-likeness (QED) is 0.126. The predicted molar refractivity (Wildman–Crippen MR) is 202 cm³/mol. The Morgan fingerprint density at radius 1 is 0.857 bits per heavy atom. The number of H-pyrrole nitrogens is 1. The number of fused-ring (bicyclic) bond motifs is 1. The number of carbonyl (C=O) groups excluding carboxylic acids is 1. The van der Waals surface area contributed by atoms with Crippen LogP contribution in [0.3, 0.4) is 0 Å². The second kappa shape index (κ2) is 17.1. The fourth-order valence-corrected chi connectivity index (χ4v) is 6.69. The van der Waals surface area contributed by atoms with Gasteiger partial charge in [0.2, 0.25) is 0 Å². The molecular weight excluding hydrogens is 774 g/mol. The van der Waals surface area contributed by atoms with Crippen LogP contribution in [0.15, 0.2) is 113 Å². The first kappa shape index (κ1) is 41.6. The summed E-state index contributed by atoms with van der Waals surface area (Å²) in [5, 5.41) is 6.98. The number of nitrogens with zero attached hydrogens (tertiary/aromatic N) is 4. The number of alkyl halides is 3. The average molecular weight is 813 g/mol. The van der Waals surface area contributed by atoms with E-state index in [1.165, 1.54) is 31.3 Å². The average Bonchev–Trinajstić information content (AvgIpc) is 3.91. The molecule has 1 unspecified atom stereocenters. The fourth-order valence-electron chi connectivity index (χ4n) is 5.73. The van der Waals surface area contributed by atoms with Gasteiger partial charge in [0.15, 0.2) is 0 Å². The number of hydrogen-bond donors (Lipinski definition) is 4. The molecule has 13 nitrogen and oxygen atoms in total. The Labute approximate surface area is 321 Å². The molecule has 1 aliphatic heterocycles. The molecule has 4 heterocycles. The minimum Gasteiger partial charge on any atom is -0.357 e. The molecule has 3 aromatic heterocycles. The van der Waals surface area contributed by atoms with E-state index in [1.54, 1.807) is 54.7 Å². The van der Waals surface area contributed by atoms with E-state index in [0.29, 0.717) is 23.7 Å². The fraction of sp³-hybridized carbons (Fsp3) is 0.237. The number of nitrogens with one attached hydrogen (secondary N) is 2. The van der Waals surface area contributed by atoms with Crippen LogP contribution in [0.4, 0.5) is 13.2 Å². The van der Waals surface area contributed by atoms with E-state index in [2.05, 4.69) is 20.0 Å². The molecule has 0 spiro atoms. The SMILES string of the molecule is Cc1ccc(S(=O)(=O)O)cc1.Cc1ccc(S(=O)(=O)O)cc1.Cn1nc(-c2ccc(-c3cn4c(n3)CCC(CNC(=O)c3ccc[nH]3)C4)cc2)cc1C(F)(F)F. The Morgan fingerprint density at radius 3 is 1.86 bits per heavy atom. The van der Waals surface area contributed by atoms with Crippen LogP contribution in [0.1, 0.15) is 39.6 Å². The summed E-state index contributed by atoms with van der Waals surface area (Å²) in [6.07, 6.45) is 1.01. The summed E-state index contributed by atoms with van der Waals surface area (Å²) in [7, 11) is -6.75. The molecule has 6 aromatic rings. The zero-order valence-corrected chi connectivity index (χ0v) is 32.0. The van der Waals surface area contributed by atoms with Gasteiger partial charge in [0, 0.05) is 50.1 Å². The summed E-state index contributed by atoms with van der Waals surface area (Å²) >= 11 is 0. The van der Waals surface area contributed by atoms with E-state index in [9.17, 15) is 34.8 Å². The second-order valence-electron chi connectivity index (χ2n) is 13.1. The molecule has 0 fully saturated rings. The van der Waals surface area contributed by atoms with Gasteiger partial charge in [0.1, 0.15) is 17.2 Å². The van der Waals surface area contributed by atoms with Gasteiger partial charge in [-0.05, 0) is 68.7 Å². The maximum Gasteiger partial charge on any atom is 0.433 e. The molecule has 1 atom stereocenters. The second-order valence-corrected chi connectivity index (χ2v) is 15.9. The van der Waals surface area contributed by atoms with Crippen LogP contribution in [-0.4, -0.2) is 62.7 Å². The van der Waals surface area contributed by atoms with Gasteiger partial charge in [-0.2, -0.15) is 35.1 Å². The highest BCUT2D eigenvalue weighted by atomic mass is 32.2. The molecule has 3 aromatic carbocycles. The van der Waals surface area contributed by atoms with Crippen LogP contribution in [-0.2, 0) is 46.4 Å². The highest BCUT2D eigenvalue weighted by molar-refractivity contribution is 7.86. The van der Waals surface area contributed by atoms with Gasteiger partial charge in [-0.15, -0.1) is 0 Å². The molecule has 0 saturated heterocycles. The maximum atomic E-state index is 13.1. The smallest absolute Gasteiger partial charge is 0.357 e. The lowest BCUT2D eigenvalue weighted by Gasteiger charge is -2.23. The Bertz CT molecular complexity index is 2410. The molecule has 7 rings (SSSR count). The third kappa shape index (κ3) is 11.0. The molecular formula is C38H39F3N6O7S2. The minimum atomic E-state index is -4.45. The number of aryl methyl sites for hydroxylation is 4. The molecule has 0 aliphatic carbocycles. The van der Waals surface area contributed by atoms with E-state index >= 15 is 0 Å². The van der Waals surface area contributed by atoms with Gasteiger partial charge in [0.05, 0.1) is 21.2 Å². The van der Waals surface area contributed by atoms with Crippen molar-refractivity contribution < 1.29 is 43.9 Å².